The van der Waals surface area contributed by atoms with Gasteiger partial charge in [-0.05, 0) is 12.1 Å². The van der Waals surface area contributed by atoms with Crippen LogP contribution < -0.4 is 4.83 Å². The number of allylic oxidation sites excluding steroid dienone is 1. The third-order valence-electron chi connectivity index (χ3n) is 1.80. The van der Waals surface area contributed by atoms with E-state index in [9.17, 15) is 13.2 Å². The minimum absolute atomic E-state index is 0.0107. The number of aliphatic carboxylic acids is 1. The van der Waals surface area contributed by atoms with Gasteiger partial charge in [-0.2, -0.15) is 13.5 Å². The molecule has 0 radical (unpaired) electrons. The molecule has 1 rings (SSSR count). The maximum Gasteiger partial charge on any atom is 0.348 e. The van der Waals surface area contributed by atoms with Crippen LogP contribution in [0.2, 0.25) is 0 Å². The number of rotatable bonds is 5. The van der Waals surface area contributed by atoms with E-state index >= 15 is 0 Å². The summed E-state index contributed by atoms with van der Waals surface area (Å²) in [4.78, 5) is 12.3. The molecule has 19 heavy (non-hydrogen) atoms. The molecule has 0 saturated carbocycles. The topological polar surface area (TPSA) is 95.8 Å². The lowest BCUT2D eigenvalue weighted by atomic mass is 10.4. The number of halogens is 2. The van der Waals surface area contributed by atoms with Crippen LogP contribution in [-0.4, -0.2) is 25.7 Å². The van der Waals surface area contributed by atoms with Gasteiger partial charge in [0.25, 0.3) is 10.0 Å². The van der Waals surface area contributed by atoms with E-state index in [1.165, 1.54) is 12.1 Å². The highest BCUT2D eigenvalue weighted by atomic mass is 35.5. The second-order valence-corrected chi connectivity index (χ2v) is 5.58. The summed E-state index contributed by atoms with van der Waals surface area (Å²) < 4.78 is 23.4. The fraction of sp³-hybridized carbons (Fsp3) is 0. The van der Waals surface area contributed by atoms with Crippen LogP contribution >= 0.6 is 23.2 Å². The molecule has 0 spiro atoms. The standard InChI is InChI=1S/C10H8Cl2N2O4S/c11-8(9(12)10(15)16)6-13-14-19(17,18)7-4-2-1-3-5-7/h1-6,14H,(H,15,16). The molecule has 6 nitrogen and oxygen atoms in total. The van der Waals surface area contributed by atoms with Gasteiger partial charge >= 0.3 is 5.97 Å². The molecule has 0 fully saturated rings. The van der Waals surface area contributed by atoms with Crippen molar-refractivity contribution in [2.24, 2.45) is 5.10 Å². The van der Waals surface area contributed by atoms with Crippen molar-refractivity contribution < 1.29 is 18.3 Å². The first-order valence-electron chi connectivity index (χ1n) is 4.73. The highest BCUT2D eigenvalue weighted by Crippen LogP contribution is 2.12. The first-order valence-corrected chi connectivity index (χ1v) is 6.97. The number of hydrogen-bond donors (Lipinski definition) is 2. The Bertz CT molecular complexity index is 626. The largest absolute Gasteiger partial charge is 0.477 e. The summed E-state index contributed by atoms with van der Waals surface area (Å²) in [6, 6.07) is 7.51. The van der Waals surface area contributed by atoms with Gasteiger partial charge in [0, 0.05) is 0 Å². The predicted molar refractivity (Wildman–Crippen MR) is 71.6 cm³/mol. The van der Waals surface area contributed by atoms with Crippen LogP contribution in [0.3, 0.4) is 0 Å². The van der Waals surface area contributed by atoms with Crippen molar-refractivity contribution in [3.63, 3.8) is 0 Å². The first-order chi connectivity index (χ1) is 8.84. The molecule has 0 heterocycles. The number of nitrogens with one attached hydrogen (secondary N) is 1. The van der Waals surface area contributed by atoms with Crippen molar-refractivity contribution >= 4 is 45.4 Å². The van der Waals surface area contributed by atoms with E-state index in [0.29, 0.717) is 0 Å². The Balaban J connectivity index is 2.83. The van der Waals surface area contributed by atoms with Crippen molar-refractivity contribution in [2.75, 3.05) is 0 Å². The zero-order valence-corrected chi connectivity index (χ0v) is 11.6. The van der Waals surface area contributed by atoms with E-state index in [2.05, 4.69) is 5.10 Å². The molecule has 0 atom stereocenters. The van der Waals surface area contributed by atoms with E-state index in [1.54, 1.807) is 18.2 Å². The summed E-state index contributed by atoms with van der Waals surface area (Å²) in [5, 5.41) is 10.8. The molecule has 1 aromatic rings. The number of hydrazone groups is 1. The molecule has 9 heteroatoms. The molecule has 0 saturated heterocycles. The fourth-order valence-corrected chi connectivity index (χ4v) is 1.95. The van der Waals surface area contributed by atoms with E-state index in [-0.39, 0.29) is 4.90 Å². The van der Waals surface area contributed by atoms with Crippen LogP contribution in [0, 0.1) is 0 Å². The second kappa shape index (κ2) is 6.55. The number of sulfonamides is 1. The molecule has 2 N–H and O–H groups in total. The smallest absolute Gasteiger partial charge is 0.348 e. The van der Waals surface area contributed by atoms with Gasteiger partial charge in [-0.1, -0.05) is 41.4 Å². The minimum Gasteiger partial charge on any atom is -0.477 e. The number of carboxylic acids is 1. The van der Waals surface area contributed by atoms with Gasteiger partial charge in [0.2, 0.25) is 0 Å². The van der Waals surface area contributed by atoms with Gasteiger partial charge in [-0.25, -0.2) is 9.63 Å². The predicted octanol–water partition coefficient (Wildman–Crippen LogP) is 1.72. The molecule has 0 aromatic heterocycles. The molecule has 0 aliphatic heterocycles. The van der Waals surface area contributed by atoms with Crippen molar-refractivity contribution in [1.82, 2.24) is 4.83 Å². The second-order valence-electron chi connectivity index (χ2n) is 3.13. The van der Waals surface area contributed by atoms with Gasteiger partial charge in [0.15, 0.2) is 0 Å². The van der Waals surface area contributed by atoms with Crippen molar-refractivity contribution in [3.05, 3.63) is 40.4 Å². The normalized spacial score (nSPS) is 13.2. The lowest BCUT2D eigenvalue weighted by Gasteiger charge is -2.02. The molecule has 0 unspecified atom stereocenters. The number of nitrogens with zero attached hydrogens (tertiary/aromatic N) is 1. The first kappa shape index (κ1) is 15.5. The zero-order valence-electron chi connectivity index (χ0n) is 9.25. The molecule has 0 aliphatic carbocycles. The number of benzene rings is 1. The Morgan fingerprint density at radius 1 is 1.26 bits per heavy atom. The molecular weight excluding hydrogens is 315 g/mol. The molecule has 0 amide bonds. The molecule has 0 aliphatic rings. The average molecular weight is 323 g/mol. The van der Waals surface area contributed by atoms with Crippen LogP contribution in [0.4, 0.5) is 0 Å². The summed E-state index contributed by atoms with van der Waals surface area (Å²) in [5.41, 5.74) is 0. The van der Waals surface area contributed by atoms with Crippen molar-refractivity contribution in [3.8, 4) is 0 Å². The Morgan fingerprint density at radius 3 is 2.37 bits per heavy atom. The lowest BCUT2D eigenvalue weighted by Crippen LogP contribution is -2.18. The Kier molecular flexibility index (Phi) is 5.34. The average Bonchev–Trinajstić information content (AvgIpc) is 2.38. The molecular formula is C10H8Cl2N2O4S. The SMILES string of the molecule is O=C(O)C(Cl)=C(Cl)C=NNS(=O)(=O)c1ccccc1. The Hall–Kier alpha value is -1.57. The quantitative estimate of drug-likeness (QED) is 0.490. The van der Waals surface area contributed by atoms with E-state index in [4.69, 9.17) is 28.3 Å². The van der Waals surface area contributed by atoms with Gasteiger partial charge in [0.05, 0.1) is 16.1 Å². The van der Waals surface area contributed by atoms with Gasteiger partial charge in [0.1, 0.15) is 5.03 Å². The summed E-state index contributed by atoms with van der Waals surface area (Å²) in [5.74, 6) is -1.44. The third-order valence-corrected chi connectivity index (χ3v) is 3.79. The highest BCUT2D eigenvalue weighted by Gasteiger charge is 2.12. The van der Waals surface area contributed by atoms with Crippen LogP contribution in [-0.2, 0) is 14.8 Å². The summed E-state index contributed by atoms with van der Waals surface area (Å²) in [6.07, 6.45) is 0.790. The van der Waals surface area contributed by atoms with E-state index in [1.807, 2.05) is 4.83 Å². The van der Waals surface area contributed by atoms with Crippen LogP contribution in [0.1, 0.15) is 0 Å². The minimum atomic E-state index is -3.82. The number of carbonyl (C=O) groups is 1. The summed E-state index contributed by atoms with van der Waals surface area (Å²) in [6.45, 7) is 0. The Morgan fingerprint density at radius 2 is 1.84 bits per heavy atom. The summed E-state index contributed by atoms with van der Waals surface area (Å²) >= 11 is 10.8. The summed E-state index contributed by atoms with van der Waals surface area (Å²) in [7, 11) is -3.82. The highest BCUT2D eigenvalue weighted by molar-refractivity contribution is 7.89. The van der Waals surface area contributed by atoms with Gasteiger partial charge in [-0.15, -0.1) is 0 Å². The van der Waals surface area contributed by atoms with Gasteiger partial charge in [-0.3, -0.25) is 0 Å². The number of hydrogen-bond acceptors (Lipinski definition) is 4. The van der Waals surface area contributed by atoms with Crippen LogP contribution in [0.25, 0.3) is 0 Å². The van der Waals surface area contributed by atoms with Crippen LogP contribution in [0.15, 0.2) is 50.4 Å². The van der Waals surface area contributed by atoms with Crippen LogP contribution in [0.5, 0.6) is 0 Å². The Labute approximate surface area is 119 Å². The fourth-order valence-electron chi connectivity index (χ4n) is 0.964. The number of carboxylic acid groups (broad SMARTS) is 1. The molecule has 0 bridgehead atoms. The molecule has 102 valence electrons. The van der Waals surface area contributed by atoms with E-state index < -0.39 is 26.1 Å². The van der Waals surface area contributed by atoms with Gasteiger partial charge < -0.3 is 5.11 Å². The zero-order chi connectivity index (χ0) is 14.5. The van der Waals surface area contributed by atoms with E-state index in [0.717, 1.165) is 6.21 Å². The third kappa shape index (κ3) is 4.55. The van der Waals surface area contributed by atoms with Crippen molar-refractivity contribution in [2.45, 2.75) is 4.90 Å². The maximum absolute atomic E-state index is 11.7. The monoisotopic (exact) mass is 322 g/mol. The maximum atomic E-state index is 11.7. The van der Waals surface area contributed by atoms with Crippen molar-refractivity contribution in [1.29, 1.82) is 0 Å². The lowest BCUT2D eigenvalue weighted by molar-refractivity contribution is -0.131. The molecule has 1 aromatic carbocycles.